The molecule has 0 spiro atoms. The number of hydrogen-bond donors (Lipinski definition) is 2. The number of nitrogens with one attached hydrogen (secondary N) is 2. The Bertz CT molecular complexity index is 978. The van der Waals surface area contributed by atoms with Crippen LogP contribution in [0.3, 0.4) is 0 Å². The second kappa shape index (κ2) is 13.0. The number of carbonyl (C=O) groups excluding carboxylic acids is 2. The van der Waals surface area contributed by atoms with Crippen molar-refractivity contribution in [3.63, 3.8) is 0 Å². The summed E-state index contributed by atoms with van der Waals surface area (Å²) in [5.74, 6) is -0.126. The van der Waals surface area contributed by atoms with E-state index < -0.39 is 0 Å². The summed E-state index contributed by atoms with van der Waals surface area (Å²) in [6.07, 6.45) is 6.32. The molecule has 0 saturated heterocycles. The Balaban J connectivity index is 1.25. The number of anilines is 1. The number of ether oxygens (including phenoxy) is 1. The average molecular weight is 432 g/mol. The summed E-state index contributed by atoms with van der Waals surface area (Å²) >= 11 is 0. The first-order valence-corrected chi connectivity index (χ1v) is 10.9. The quantitative estimate of drug-likeness (QED) is 0.411. The SMILES string of the molecule is O=C(COCc1ccncc1)NCCCCCC(=O)Nc1cccc(-c2ccccc2)c1. The van der Waals surface area contributed by atoms with E-state index in [0.717, 1.165) is 41.6 Å². The Kier molecular flexibility index (Phi) is 9.42. The first kappa shape index (κ1) is 23.2. The van der Waals surface area contributed by atoms with Crippen molar-refractivity contribution in [1.82, 2.24) is 10.3 Å². The Hall–Kier alpha value is -3.51. The van der Waals surface area contributed by atoms with Gasteiger partial charge in [0.25, 0.3) is 0 Å². The van der Waals surface area contributed by atoms with E-state index in [2.05, 4.69) is 15.6 Å². The summed E-state index contributed by atoms with van der Waals surface area (Å²) in [6, 6.07) is 21.7. The minimum Gasteiger partial charge on any atom is -0.367 e. The van der Waals surface area contributed by atoms with Crippen molar-refractivity contribution >= 4 is 17.5 Å². The molecule has 0 aliphatic heterocycles. The third-order valence-corrected chi connectivity index (χ3v) is 4.91. The maximum absolute atomic E-state index is 12.2. The fourth-order valence-electron chi connectivity index (χ4n) is 3.24. The number of nitrogens with zero attached hydrogens (tertiary/aromatic N) is 1. The highest BCUT2D eigenvalue weighted by Crippen LogP contribution is 2.22. The van der Waals surface area contributed by atoms with Gasteiger partial charge in [0.2, 0.25) is 11.8 Å². The van der Waals surface area contributed by atoms with Crippen molar-refractivity contribution in [2.45, 2.75) is 32.3 Å². The van der Waals surface area contributed by atoms with Gasteiger partial charge in [-0.05, 0) is 53.8 Å². The van der Waals surface area contributed by atoms with Gasteiger partial charge in [-0.15, -0.1) is 0 Å². The van der Waals surface area contributed by atoms with Crippen molar-refractivity contribution in [1.29, 1.82) is 0 Å². The monoisotopic (exact) mass is 431 g/mol. The first-order chi connectivity index (χ1) is 15.7. The number of aromatic nitrogens is 1. The van der Waals surface area contributed by atoms with Crippen LogP contribution in [0.4, 0.5) is 5.69 Å². The molecule has 0 aliphatic carbocycles. The second-order valence-electron chi connectivity index (χ2n) is 7.50. The minimum absolute atomic E-state index is 0.00348. The molecule has 32 heavy (non-hydrogen) atoms. The van der Waals surface area contributed by atoms with Crippen LogP contribution in [0.25, 0.3) is 11.1 Å². The van der Waals surface area contributed by atoms with Gasteiger partial charge in [0.15, 0.2) is 0 Å². The summed E-state index contributed by atoms with van der Waals surface area (Å²) < 4.78 is 5.39. The molecule has 3 aromatic rings. The summed E-state index contributed by atoms with van der Waals surface area (Å²) in [4.78, 5) is 28.0. The smallest absolute Gasteiger partial charge is 0.246 e. The van der Waals surface area contributed by atoms with E-state index >= 15 is 0 Å². The summed E-state index contributed by atoms with van der Waals surface area (Å²) in [5, 5.41) is 5.81. The van der Waals surface area contributed by atoms with Crippen molar-refractivity contribution in [2.24, 2.45) is 0 Å². The maximum Gasteiger partial charge on any atom is 0.246 e. The van der Waals surface area contributed by atoms with E-state index in [1.54, 1.807) is 12.4 Å². The number of carbonyl (C=O) groups is 2. The lowest BCUT2D eigenvalue weighted by atomic mass is 10.1. The summed E-state index contributed by atoms with van der Waals surface area (Å²) in [7, 11) is 0. The van der Waals surface area contributed by atoms with E-state index in [1.165, 1.54) is 0 Å². The van der Waals surface area contributed by atoms with E-state index in [4.69, 9.17) is 4.74 Å². The van der Waals surface area contributed by atoms with Crippen LogP contribution < -0.4 is 10.6 Å². The number of unbranched alkanes of at least 4 members (excludes halogenated alkanes) is 2. The van der Waals surface area contributed by atoms with Crippen LogP contribution in [0.1, 0.15) is 31.2 Å². The zero-order valence-electron chi connectivity index (χ0n) is 18.1. The molecular formula is C26H29N3O3. The molecule has 3 rings (SSSR count). The zero-order valence-corrected chi connectivity index (χ0v) is 18.1. The molecule has 2 aromatic carbocycles. The number of hydrogen-bond acceptors (Lipinski definition) is 4. The highest BCUT2D eigenvalue weighted by molar-refractivity contribution is 5.91. The highest BCUT2D eigenvalue weighted by Gasteiger charge is 2.05. The van der Waals surface area contributed by atoms with Crippen LogP contribution >= 0.6 is 0 Å². The minimum atomic E-state index is -0.130. The summed E-state index contributed by atoms with van der Waals surface area (Å²) in [6.45, 7) is 1.00. The molecule has 0 bridgehead atoms. The zero-order chi connectivity index (χ0) is 22.4. The molecule has 6 nitrogen and oxygen atoms in total. The third-order valence-electron chi connectivity index (χ3n) is 4.91. The molecular weight excluding hydrogens is 402 g/mol. The topological polar surface area (TPSA) is 80.3 Å². The van der Waals surface area contributed by atoms with Gasteiger partial charge in [-0.1, -0.05) is 48.9 Å². The largest absolute Gasteiger partial charge is 0.367 e. The Morgan fingerprint density at radius 2 is 1.59 bits per heavy atom. The second-order valence-corrected chi connectivity index (χ2v) is 7.50. The van der Waals surface area contributed by atoms with Gasteiger partial charge in [-0.3, -0.25) is 14.6 Å². The van der Waals surface area contributed by atoms with Crippen LogP contribution in [0, 0.1) is 0 Å². The van der Waals surface area contributed by atoms with Gasteiger partial charge in [-0.2, -0.15) is 0 Å². The Labute approximate surface area is 189 Å². The van der Waals surface area contributed by atoms with Crippen LogP contribution in [-0.2, 0) is 20.9 Å². The van der Waals surface area contributed by atoms with E-state index in [-0.39, 0.29) is 18.4 Å². The van der Waals surface area contributed by atoms with Gasteiger partial charge < -0.3 is 15.4 Å². The standard InChI is InChI=1S/C26H29N3O3/c30-25(29-24-11-7-10-23(18-24)22-8-3-1-4-9-22)12-5-2-6-15-28-26(31)20-32-19-21-13-16-27-17-14-21/h1,3-4,7-11,13-14,16-18H,2,5-6,12,15,19-20H2,(H,28,31)(H,29,30). The van der Waals surface area contributed by atoms with Crippen LogP contribution in [-0.4, -0.2) is 29.9 Å². The molecule has 0 aliphatic rings. The average Bonchev–Trinajstić information content (AvgIpc) is 2.83. The highest BCUT2D eigenvalue weighted by atomic mass is 16.5. The van der Waals surface area contributed by atoms with Gasteiger partial charge in [-0.25, -0.2) is 0 Å². The fraction of sp³-hybridized carbons (Fsp3) is 0.269. The van der Waals surface area contributed by atoms with Crippen LogP contribution in [0.15, 0.2) is 79.1 Å². The predicted molar refractivity (Wildman–Crippen MR) is 126 cm³/mol. The fourth-order valence-corrected chi connectivity index (χ4v) is 3.24. The number of rotatable bonds is 12. The molecule has 0 radical (unpaired) electrons. The van der Waals surface area contributed by atoms with Crippen molar-refractivity contribution < 1.29 is 14.3 Å². The van der Waals surface area contributed by atoms with Gasteiger partial charge in [0, 0.05) is 31.0 Å². The Morgan fingerprint density at radius 1 is 0.812 bits per heavy atom. The van der Waals surface area contributed by atoms with Crippen molar-refractivity contribution in [2.75, 3.05) is 18.5 Å². The van der Waals surface area contributed by atoms with Crippen LogP contribution in [0.5, 0.6) is 0 Å². The lowest BCUT2D eigenvalue weighted by Crippen LogP contribution is -2.28. The first-order valence-electron chi connectivity index (χ1n) is 10.9. The third kappa shape index (κ3) is 8.32. The van der Waals surface area contributed by atoms with Crippen LogP contribution in [0.2, 0.25) is 0 Å². The number of benzene rings is 2. The van der Waals surface area contributed by atoms with E-state index in [1.807, 2.05) is 66.7 Å². The maximum atomic E-state index is 12.2. The molecule has 2 amide bonds. The van der Waals surface area contributed by atoms with Crippen molar-refractivity contribution in [3.8, 4) is 11.1 Å². The lowest BCUT2D eigenvalue weighted by molar-refractivity contribution is -0.126. The molecule has 0 unspecified atom stereocenters. The molecule has 0 atom stereocenters. The van der Waals surface area contributed by atoms with Gasteiger partial charge >= 0.3 is 0 Å². The molecule has 0 saturated carbocycles. The summed E-state index contributed by atoms with van der Waals surface area (Å²) in [5.41, 5.74) is 3.98. The molecule has 6 heteroatoms. The van der Waals surface area contributed by atoms with E-state index in [9.17, 15) is 9.59 Å². The number of pyridine rings is 1. The Morgan fingerprint density at radius 3 is 2.41 bits per heavy atom. The van der Waals surface area contributed by atoms with Gasteiger partial charge in [0.1, 0.15) is 6.61 Å². The van der Waals surface area contributed by atoms with Crippen molar-refractivity contribution in [3.05, 3.63) is 84.7 Å². The predicted octanol–water partition coefficient (Wildman–Crippen LogP) is 4.58. The number of amides is 2. The van der Waals surface area contributed by atoms with Gasteiger partial charge in [0.05, 0.1) is 6.61 Å². The molecule has 0 fully saturated rings. The van der Waals surface area contributed by atoms with E-state index in [0.29, 0.717) is 19.6 Å². The molecule has 1 aromatic heterocycles. The molecule has 1 heterocycles. The lowest BCUT2D eigenvalue weighted by Gasteiger charge is -2.08. The molecule has 166 valence electrons. The molecule has 2 N–H and O–H groups in total. The normalized spacial score (nSPS) is 10.5.